The number of carbonyl (C=O) groups excluding carboxylic acids is 2. The summed E-state index contributed by atoms with van der Waals surface area (Å²) >= 11 is 0. The van der Waals surface area contributed by atoms with E-state index in [1.165, 1.54) is 14.0 Å². The fraction of sp³-hybridized carbons (Fsp3) is 0.600. The van der Waals surface area contributed by atoms with Crippen molar-refractivity contribution in [1.29, 1.82) is 0 Å². The van der Waals surface area contributed by atoms with E-state index in [2.05, 4.69) is 4.74 Å². The second-order valence-corrected chi connectivity index (χ2v) is 2.83. The van der Waals surface area contributed by atoms with Crippen LogP contribution in [0.2, 0.25) is 0 Å². The molecule has 0 heterocycles. The second-order valence-electron chi connectivity index (χ2n) is 2.83. The summed E-state index contributed by atoms with van der Waals surface area (Å²) in [5.74, 6) is -1.16. The summed E-state index contributed by atoms with van der Waals surface area (Å²) in [5.41, 5.74) is 0. The van der Waals surface area contributed by atoms with Crippen LogP contribution in [0.3, 0.4) is 0 Å². The Bertz CT molecular complexity index is 206. The van der Waals surface area contributed by atoms with Crippen LogP contribution in [-0.2, 0) is 14.3 Å². The highest BCUT2D eigenvalue weighted by atomic mass is 16.5. The van der Waals surface area contributed by atoms with Crippen molar-refractivity contribution in [2.45, 2.75) is 26.7 Å². The molecule has 0 amide bonds. The van der Waals surface area contributed by atoms with Crippen molar-refractivity contribution < 1.29 is 14.3 Å². The number of carbonyl (C=O) groups is 2. The summed E-state index contributed by atoms with van der Waals surface area (Å²) < 4.78 is 4.52. The van der Waals surface area contributed by atoms with Gasteiger partial charge in [0.1, 0.15) is 11.7 Å². The smallest absolute Gasteiger partial charge is 0.316 e. The number of rotatable bonds is 5. The average Bonchev–Trinajstić information content (AvgIpc) is 2.11. The van der Waals surface area contributed by atoms with Gasteiger partial charge in [-0.25, -0.2) is 0 Å². The predicted molar refractivity (Wildman–Crippen MR) is 50.2 cm³/mol. The summed E-state index contributed by atoms with van der Waals surface area (Å²) in [4.78, 5) is 22.1. The lowest BCUT2D eigenvalue weighted by Crippen LogP contribution is -2.22. The van der Waals surface area contributed by atoms with Gasteiger partial charge in [0, 0.05) is 0 Å². The minimum atomic E-state index is -0.596. The molecule has 0 aliphatic carbocycles. The second kappa shape index (κ2) is 6.40. The van der Waals surface area contributed by atoms with E-state index in [9.17, 15) is 9.59 Å². The molecule has 0 rings (SSSR count). The zero-order valence-corrected chi connectivity index (χ0v) is 8.37. The molecule has 0 aromatic rings. The van der Waals surface area contributed by atoms with Gasteiger partial charge in [-0.2, -0.15) is 0 Å². The zero-order valence-electron chi connectivity index (χ0n) is 8.37. The molecule has 74 valence electrons. The predicted octanol–water partition coefficient (Wildman–Crippen LogP) is 1.72. The van der Waals surface area contributed by atoms with E-state index in [0.29, 0.717) is 6.42 Å². The van der Waals surface area contributed by atoms with Crippen molar-refractivity contribution in [2.75, 3.05) is 7.11 Å². The molecule has 0 fully saturated rings. The fourth-order valence-corrected chi connectivity index (χ4v) is 1.06. The summed E-state index contributed by atoms with van der Waals surface area (Å²) in [5, 5.41) is 0. The van der Waals surface area contributed by atoms with Gasteiger partial charge in [-0.1, -0.05) is 12.2 Å². The highest BCUT2D eigenvalue weighted by Gasteiger charge is 2.22. The summed E-state index contributed by atoms with van der Waals surface area (Å²) in [7, 11) is 1.30. The van der Waals surface area contributed by atoms with Crippen LogP contribution in [0.1, 0.15) is 26.7 Å². The van der Waals surface area contributed by atoms with Gasteiger partial charge in [0.15, 0.2) is 0 Å². The first-order valence-corrected chi connectivity index (χ1v) is 4.33. The van der Waals surface area contributed by atoms with E-state index in [-0.39, 0.29) is 5.78 Å². The van der Waals surface area contributed by atoms with Crippen LogP contribution < -0.4 is 0 Å². The molecule has 0 spiro atoms. The highest BCUT2D eigenvalue weighted by Crippen LogP contribution is 2.10. The van der Waals surface area contributed by atoms with Crippen LogP contribution >= 0.6 is 0 Å². The molecule has 0 N–H and O–H groups in total. The van der Waals surface area contributed by atoms with Crippen LogP contribution in [0, 0.1) is 5.92 Å². The van der Waals surface area contributed by atoms with Crippen molar-refractivity contribution in [1.82, 2.24) is 0 Å². The van der Waals surface area contributed by atoms with E-state index in [1.54, 1.807) is 0 Å². The van der Waals surface area contributed by atoms with Crippen molar-refractivity contribution in [3.8, 4) is 0 Å². The van der Waals surface area contributed by atoms with Crippen LogP contribution in [0.4, 0.5) is 0 Å². The molecule has 0 radical (unpaired) electrons. The molecule has 0 saturated carbocycles. The maximum absolute atomic E-state index is 11.1. The summed E-state index contributed by atoms with van der Waals surface area (Å²) in [6.45, 7) is 3.32. The van der Waals surface area contributed by atoms with Gasteiger partial charge >= 0.3 is 5.97 Å². The van der Waals surface area contributed by atoms with Crippen LogP contribution in [0.5, 0.6) is 0 Å². The lowest BCUT2D eigenvalue weighted by molar-refractivity contribution is -0.149. The minimum absolute atomic E-state index is 0.128. The maximum atomic E-state index is 11.1. The van der Waals surface area contributed by atoms with E-state index in [1.807, 2.05) is 19.1 Å². The minimum Gasteiger partial charge on any atom is -0.468 e. The zero-order chi connectivity index (χ0) is 10.3. The Labute approximate surface area is 78.8 Å². The molecule has 1 unspecified atom stereocenters. The van der Waals surface area contributed by atoms with Crippen molar-refractivity contribution in [2.24, 2.45) is 5.92 Å². The Morgan fingerprint density at radius 2 is 2.08 bits per heavy atom. The van der Waals surface area contributed by atoms with E-state index < -0.39 is 11.9 Å². The fourth-order valence-electron chi connectivity index (χ4n) is 1.06. The number of ether oxygens (including phenoxy) is 1. The third kappa shape index (κ3) is 4.45. The number of hydrogen-bond donors (Lipinski definition) is 0. The Hall–Kier alpha value is -1.12. The first-order chi connectivity index (χ1) is 6.13. The molecule has 13 heavy (non-hydrogen) atoms. The van der Waals surface area contributed by atoms with Gasteiger partial charge in [-0.3, -0.25) is 9.59 Å². The first-order valence-electron chi connectivity index (χ1n) is 4.33. The third-order valence-corrected chi connectivity index (χ3v) is 1.83. The Balaban J connectivity index is 4.10. The standard InChI is InChI=1S/C10H16O3/c1-4-5-6-7-9(8(2)11)10(12)13-3/h4-5,9H,6-7H2,1-3H3. The summed E-state index contributed by atoms with van der Waals surface area (Å²) in [6.07, 6.45) is 5.09. The van der Waals surface area contributed by atoms with Gasteiger partial charge in [0.25, 0.3) is 0 Å². The van der Waals surface area contributed by atoms with Gasteiger partial charge < -0.3 is 4.74 Å². The molecule has 0 aromatic carbocycles. The lowest BCUT2D eigenvalue weighted by Gasteiger charge is -2.09. The molecule has 0 saturated heterocycles. The molecule has 0 aliphatic rings. The molecule has 0 aromatic heterocycles. The SMILES string of the molecule is CC=CCCC(C(C)=O)C(=O)OC. The Kier molecular flexibility index (Phi) is 5.85. The Morgan fingerprint density at radius 1 is 1.46 bits per heavy atom. The quantitative estimate of drug-likeness (QED) is 0.371. The van der Waals surface area contributed by atoms with Crippen LogP contribution in [0.15, 0.2) is 12.2 Å². The number of Topliss-reactive ketones (excluding diaryl/α,β-unsaturated/α-hetero) is 1. The number of hydrogen-bond acceptors (Lipinski definition) is 3. The van der Waals surface area contributed by atoms with Gasteiger partial charge in [-0.05, 0) is 26.7 Å². The molecular formula is C10H16O3. The van der Waals surface area contributed by atoms with E-state index >= 15 is 0 Å². The monoisotopic (exact) mass is 184 g/mol. The Morgan fingerprint density at radius 3 is 2.46 bits per heavy atom. The normalized spacial score (nSPS) is 12.8. The highest BCUT2D eigenvalue weighted by molar-refractivity contribution is 5.97. The lowest BCUT2D eigenvalue weighted by atomic mass is 9.99. The average molecular weight is 184 g/mol. The van der Waals surface area contributed by atoms with Gasteiger partial charge in [0.05, 0.1) is 7.11 Å². The van der Waals surface area contributed by atoms with Crippen LogP contribution in [-0.4, -0.2) is 18.9 Å². The van der Waals surface area contributed by atoms with E-state index in [0.717, 1.165) is 6.42 Å². The molecule has 3 heteroatoms. The number of allylic oxidation sites excluding steroid dienone is 2. The topological polar surface area (TPSA) is 43.4 Å². The van der Waals surface area contributed by atoms with Gasteiger partial charge in [0.2, 0.25) is 0 Å². The molecule has 3 nitrogen and oxygen atoms in total. The molecular weight excluding hydrogens is 168 g/mol. The maximum Gasteiger partial charge on any atom is 0.316 e. The van der Waals surface area contributed by atoms with Crippen molar-refractivity contribution in [3.63, 3.8) is 0 Å². The first kappa shape index (κ1) is 11.9. The van der Waals surface area contributed by atoms with Crippen molar-refractivity contribution >= 4 is 11.8 Å². The van der Waals surface area contributed by atoms with Crippen LogP contribution in [0.25, 0.3) is 0 Å². The molecule has 0 aliphatic heterocycles. The molecule has 0 bridgehead atoms. The third-order valence-electron chi connectivity index (χ3n) is 1.83. The number of ketones is 1. The molecule has 1 atom stereocenters. The van der Waals surface area contributed by atoms with Crippen molar-refractivity contribution in [3.05, 3.63) is 12.2 Å². The number of methoxy groups -OCH3 is 1. The largest absolute Gasteiger partial charge is 0.468 e. The van der Waals surface area contributed by atoms with E-state index in [4.69, 9.17) is 0 Å². The summed E-state index contributed by atoms with van der Waals surface area (Å²) in [6, 6.07) is 0. The number of esters is 1. The van der Waals surface area contributed by atoms with Gasteiger partial charge in [-0.15, -0.1) is 0 Å².